The van der Waals surface area contributed by atoms with Crippen LogP contribution in [0.4, 0.5) is 0 Å². The van der Waals surface area contributed by atoms with Crippen molar-refractivity contribution in [3.05, 3.63) is 46.7 Å². The summed E-state index contributed by atoms with van der Waals surface area (Å²) in [5.41, 5.74) is 0.931. The van der Waals surface area contributed by atoms with Crippen molar-refractivity contribution >= 4 is 29.0 Å². The Morgan fingerprint density at radius 2 is 2.12 bits per heavy atom. The molecule has 3 aromatic rings. The second kappa shape index (κ2) is 12.2. The molecule has 1 amide bonds. The van der Waals surface area contributed by atoms with Gasteiger partial charge < -0.3 is 14.8 Å². The molecule has 1 aliphatic heterocycles. The predicted octanol–water partition coefficient (Wildman–Crippen LogP) is 3.60. The van der Waals surface area contributed by atoms with E-state index in [0.29, 0.717) is 23.9 Å². The highest BCUT2D eigenvalue weighted by Crippen LogP contribution is 2.38. The molecule has 1 atom stereocenters. The molecule has 33 heavy (non-hydrogen) atoms. The number of methoxy groups -OCH3 is 1. The molecule has 1 aliphatic rings. The third-order valence-corrected chi connectivity index (χ3v) is 7.62. The number of hydrogen-bond donors (Lipinski definition) is 2. The summed E-state index contributed by atoms with van der Waals surface area (Å²) in [5, 5.41) is 13.1. The lowest BCUT2D eigenvalue weighted by Gasteiger charge is -2.26. The number of nitrogens with zero attached hydrogens (tertiary/aromatic N) is 3. The van der Waals surface area contributed by atoms with Gasteiger partial charge in [-0.2, -0.15) is 0 Å². The third kappa shape index (κ3) is 7.04. The van der Waals surface area contributed by atoms with Gasteiger partial charge in [-0.1, -0.05) is 17.8 Å². The molecule has 1 fully saturated rings. The fraction of sp³-hybridized carbons (Fsp3) is 0.435. The smallest absolute Gasteiger partial charge is 0.221 e. The monoisotopic (exact) mass is 487 g/mol. The van der Waals surface area contributed by atoms with E-state index in [4.69, 9.17) is 9.47 Å². The highest BCUT2D eigenvalue weighted by molar-refractivity contribution is 7.99. The van der Waals surface area contributed by atoms with Gasteiger partial charge >= 0.3 is 0 Å². The van der Waals surface area contributed by atoms with E-state index < -0.39 is 0 Å². The van der Waals surface area contributed by atoms with Crippen LogP contribution in [0.1, 0.15) is 23.0 Å². The number of hydrogen-bond acceptors (Lipinski definition) is 8. The molecule has 4 rings (SSSR count). The van der Waals surface area contributed by atoms with Crippen LogP contribution in [-0.2, 0) is 9.53 Å². The summed E-state index contributed by atoms with van der Waals surface area (Å²) < 4.78 is 10.6. The Kier molecular flexibility index (Phi) is 8.76. The minimum Gasteiger partial charge on any atom is -0.497 e. The first kappa shape index (κ1) is 23.7. The zero-order valence-electron chi connectivity index (χ0n) is 18.7. The number of thioether (sulfide) groups is 1. The maximum Gasteiger partial charge on any atom is 0.221 e. The number of morpholine rings is 1. The summed E-state index contributed by atoms with van der Waals surface area (Å²) in [7, 11) is 1.64. The average molecular weight is 488 g/mol. The predicted molar refractivity (Wildman–Crippen MR) is 131 cm³/mol. The molecule has 0 saturated carbocycles. The topological polar surface area (TPSA) is 92.4 Å². The molecule has 176 valence electrons. The fourth-order valence-corrected chi connectivity index (χ4v) is 5.52. The van der Waals surface area contributed by atoms with Gasteiger partial charge in [0.1, 0.15) is 5.75 Å². The number of H-pyrrole nitrogens is 1. The summed E-state index contributed by atoms with van der Waals surface area (Å²) in [4.78, 5) is 20.8. The van der Waals surface area contributed by atoms with E-state index in [1.54, 1.807) is 18.4 Å². The molecular formula is C23H29N5O3S2. The van der Waals surface area contributed by atoms with Crippen molar-refractivity contribution < 1.29 is 14.3 Å². The summed E-state index contributed by atoms with van der Waals surface area (Å²) in [6, 6.07) is 11.7. The summed E-state index contributed by atoms with van der Waals surface area (Å²) >= 11 is 3.16. The minimum absolute atomic E-state index is 0.0382. The first-order valence-electron chi connectivity index (χ1n) is 11.0. The molecule has 1 aromatic carbocycles. The second-order valence-electron chi connectivity index (χ2n) is 7.68. The van der Waals surface area contributed by atoms with E-state index in [1.165, 1.54) is 11.8 Å². The minimum atomic E-state index is -0.0382. The van der Waals surface area contributed by atoms with Gasteiger partial charge in [0.05, 0.1) is 25.6 Å². The van der Waals surface area contributed by atoms with Crippen LogP contribution in [0.25, 0.3) is 11.4 Å². The number of carbonyl (C=O) groups excluding carboxylic acids is 1. The molecule has 10 heteroatoms. The molecule has 0 bridgehead atoms. The van der Waals surface area contributed by atoms with E-state index in [1.807, 2.05) is 35.7 Å². The standard InChI is InChI=1S/C23H29N5O3S2/c1-30-18-7-5-17(6-8-18)22-25-23(27-26-22)33-20(19-4-2-15-32-19)16-21(29)24-9-3-10-28-11-13-31-14-12-28/h2,4-8,15,20H,3,9-14,16H2,1H3,(H,24,29)(H,25,26,27)/t20-/m0/s1. The van der Waals surface area contributed by atoms with E-state index in [0.717, 1.165) is 55.5 Å². The van der Waals surface area contributed by atoms with Gasteiger partial charge in [-0.05, 0) is 48.7 Å². The van der Waals surface area contributed by atoms with Crippen molar-refractivity contribution in [3.63, 3.8) is 0 Å². The number of thiophene rings is 1. The van der Waals surface area contributed by atoms with Crippen molar-refractivity contribution in [1.82, 2.24) is 25.4 Å². The molecule has 2 N–H and O–H groups in total. The van der Waals surface area contributed by atoms with E-state index in [-0.39, 0.29) is 11.2 Å². The van der Waals surface area contributed by atoms with Crippen LogP contribution in [0.2, 0.25) is 0 Å². The molecule has 0 unspecified atom stereocenters. The lowest BCUT2D eigenvalue weighted by atomic mass is 10.2. The van der Waals surface area contributed by atoms with Crippen molar-refractivity contribution in [2.24, 2.45) is 0 Å². The Morgan fingerprint density at radius 3 is 2.85 bits per heavy atom. The number of amides is 1. The Balaban J connectivity index is 1.31. The molecule has 0 radical (unpaired) electrons. The lowest BCUT2D eigenvalue weighted by molar-refractivity contribution is -0.121. The van der Waals surface area contributed by atoms with Gasteiger partial charge in [-0.3, -0.25) is 14.8 Å². The Morgan fingerprint density at radius 1 is 1.30 bits per heavy atom. The Bertz CT molecular complexity index is 988. The van der Waals surface area contributed by atoms with E-state index >= 15 is 0 Å². The number of carbonyl (C=O) groups is 1. The number of nitrogens with one attached hydrogen (secondary N) is 2. The summed E-state index contributed by atoms with van der Waals surface area (Å²) in [5.74, 6) is 1.54. The first-order valence-corrected chi connectivity index (χ1v) is 12.8. The first-order chi connectivity index (χ1) is 16.2. The van der Waals surface area contributed by atoms with Gasteiger partial charge in [0.25, 0.3) is 0 Å². The fourth-order valence-electron chi connectivity index (χ4n) is 3.57. The van der Waals surface area contributed by atoms with Crippen LogP contribution in [-0.4, -0.2) is 72.5 Å². The largest absolute Gasteiger partial charge is 0.497 e. The lowest BCUT2D eigenvalue weighted by Crippen LogP contribution is -2.38. The quantitative estimate of drug-likeness (QED) is 0.315. The van der Waals surface area contributed by atoms with Gasteiger partial charge in [0.2, 0.25) is 11.1 Å². The molecule has 2 aromatic heterocycles. The van der Waals surface area contributed by atoms with Crippen LogP contribution in [0.5, 0.6) is 5.75 Å². The maximum atomic E-state index is 12.7. The van der Waals surface area contributed by atoms with Gasteiger partial charge in [0.15, 0.2) is 5.82 Å². The Labute approximate surface area is 202 Å². The molecule has 0 spiro atoms. The zero-order valence-corrected chi connectivity index (χ0v) is 20.3. The van der Waals surface area contributed by atoms with Crippen LogP contribution in [0.15, 0.2) is 46.9 Å². The van der Waals surface area contributed by atoms with E-state index in [2.05, 4.69) is 31.5 Å². The Hall–Kier alpha value is -2.40. The van der Waals surface area contributed by atoms with Gasteiger partial charge in [-0.15, -0.1) is 16.4 Å². The number of aromatic amines is 1. The highest BCUT2D eigenvalue weighted by atomic mass is 32.2. The van der Waals surface area contributed by atoms with E-state index in [9.17, 15) is 4.79 Å². The normalized spacial score (nSPS) is 15.3. The zero-order chi connectivity index (χ0) is 22.9. The van der Waals surface area contributed by atoms with Crippen molar-refractivity contribution in [3.8, 4) is 17.1 Å². The maximum absolute atomic E-state index is 12.7. The molecular weight excluding hydrogens is 458 g/mol. The average Bonchev–Trinajstić information content (AvgIpc) is 3.55. The molecule has 3 heterocycles. The van der Waals surface area contributed by atoms with Crippen LogP contribution < -0.4 is 10.1 Å². The SMILES string of the molecule is COc1ccc(-c2nc(S[C@@H](CC(=O)NCCCN3CCOCC3)c3cccs3)n[nH]2)cc1. The van der Waals surface area contributed by atoms with Gasteiger partial charge in [-0.25, -0.2) is 4.98 Å². The van der Waals surface area contributed by atoms with Crippen molar-refractivity contribution in [2.75, 3.05) is 46.5 Å². The number of ether oxygens (including phenoxy) is 2. The number of aromatic nitrogens is 3. The van der Waals surface area contributed by atoms with Crippen LogP contribution in [0, 0.1) is 0 Å². The second-order valence-corrected chi connectivity index (χ2v) is 9.83. The van der Waals surface area contributed by atoms with Crippen molar-refractivity contribution in [1.29, 1.82) is 0 Å². The van der Waals surface area contributed by atoms with Crippen LogP contribution in [0.3, 0.4) is 0 Å². The summed E-state index contributed by atoms with van der Waals surface area (Å²) in [6.45, 7) is 5.21. The third-order valence-electron chi connectivity index (χ3n) is 5.38. The molecule has 8 nitrogen and oxygen atoms in total. The number of rotatable bonds is 11. The molecule has 1 saturated heterocycles. The molecule has 0 aliphatic carbocycles. The number of benzene rings is 1. The van der Waals surface area contributed by atoms with Crippen LogP contribution >= 0.6 is 23.1 Å². The summed E-state index contributed by atoms with van der Waals surface area (Å²) in [6.07, 6.45) is 1.32. The van der Waals surface area contributed by atoms with Crippen molar-refractivity contribution in [2.45, 2.75) is 23.2 Å². The van der Waals surface area contributed by atoms with Gasteiger partial charge in [0, 0.05) is 36.5 Å². The highest BCUT2D eigenvalue weighted by Gasteiger charge is 2.21.